The molecule has 0 bridgehead atoms. The Morgan fingerprint density at radius 3 is 2.29 bits per heavy atom. The first-order valence-electron chi connectivity index (χ1n) is 10.6. The molecule has 31 heavy (non-hydrogen) atoms. The third kappa shape index (κ3) is 4.84. The van der Waals surface area contributed by atoms with Crippen LogP contribution in [-0.4, -0.2) is 44.7 Å². The van der Waals surface area contributed by atoms with Crippen LogP contribution >= 0.6 is 0 Å². The predicted octanol–water partition coefficient (Wildman–Crippen LogP) is 4.68. The number of rotatable bonds is 9. The lowest BCUT2D eigenvalue weighted by atomic mass is 9.93. The van der Waals surface area contributed by atoms with E-state index in [1.807, 2.05) is 4.90 Å². The van der Waals surface area contributed by atoms with Gasteiger partial charge in [-0.05, 0) is 43.9 Å². The van der Waals surface area contributed by atoms with Gasteiger partial charge in [-0.15, -0.1) is 0 Å². The van der Waals surface area contributed by atoms with Crippen molar-refractivity contribution in [3.63, 3.8) is 0 Å². The van der Waals surface area contributed by atoms with Crippen molar-refractivity contribution >= 4 is 11.9 Å². The molecule has 166 valence electrons. The van der Waals surface area contributed by atoms with Crippen LogP contribution < -0.4 is 9.47 Å². The van der Waals surface area contributed by atoms with Gasteiger partial charge < -0.3 is 19.1 Å². The maximum atomic E-state index is 13.2. The molecule has 0 atom stereocenters. The molecule has 0 radical (unpaired) electrons. The minimum absolute atomic E-state index is 0.00884. The zero-order chi connectivity index (χ0) is 22.5. The summed E-state index contributed by atoms with van der Waals surface area (Å²) in [6.07, 6.45) is 2.88. The van der Waals surface area contributed by atoms with E-state index in [1.165, 1.54) is 7.11 Å². The molecule has 0 aromatic heterocycles. The summed E-state index contributed by atoms with van der Waals surface area (Å²) in [7, 11) is 4.62. The number of ether oxygens (including phenoxy) is 3. The summed E-state index contributed by atoms with van der Waals surface area (Å²) in [5.74, 6) is 1.03. The third-order valence-electron chi connectivity index (χ3n) is 5.69. The molecule has 0 unspecified atom stereocenters. The molecule has 3 rings (SSSR count). The van der Waals surface area contributed by atoms with Crippen molar-refractivity contribution in [2.75, 3.05) is 27.9 Å². The van der Waals surface area contributed by atoms with Gasteiger partial charge in [0.05, 0.1) is 21.3 Å². The Labute approximate surface area is 184 Å². The minimum atomic E-state index is -0.193. The number of unbranched alkanes of at least 4 members (excludes halogenated alkanes) is 2. The molecule has 6 heteroatoms. The quantitative estimate of drug-likeness (QED) is 0.431. The van der Waals surface area contributed by atoms with Gasteiger partial charge in [-0.25, -0.2) is 0 Å². The fourth-order valence-electron chi connectivity index (χ4n) is 4.28. The first kappa shape index (κ1) is 22.7. The number of hydrogen-bond acceptors (Lipinski definition) is 5. The van der Waals surface area contributed by atoms with E-state index in [-0.39, 0.29) is 11.9 Å². The summed E-state index contributed by atoms with van der Waals surface area (Å²) in [4.78, 5) is 26.3. The van der Waals surface area contributed by atoms with Crippen molar-refractivity contribution in [2.24, 2.45) is 0 Å². The van der Waals surface area contributed by atoms with Gasteiger partial charge >= 0.3 is 5.97 Å². The average Bonchev–Trinajstić information content (AvgIpc) is 3.06. The predicted molar refractivity (Wildman–Crippen MR) is 120 cm³/mol. The van der Waals surface area contributed by atoms with E-state index < -0.39 is 0 Å². The van der Waals surface area contributed by atoms with Crippen LogP contribution in [0.1, 0.15) is 52.7 Å². The highest BCUT2D eigenvalue weighted by atomic mass is 16.5. The molecule has 6 nitrogen and oxygen atoms in total. The number of carbonyl (C=O) groups is 2. The Balaban J connectivity index is 1.89. The number of benzene rings is 2. The van der Waals surface area contributed by atoms with Crippen LogP contribution in [-0.2, 0) is 16.1 Å². The van der Waals surface area contributed by atoms with Crippen LogP contribution in [0.15, 0.2) is 24.3 Å². The average molecular weight is 426 g/mol. The van der Waals surface area contributed by atoms with Crippen molar-refractivity contribution in [3.8, 4) is 22.6 Å². The third-order valence-corrected chi connectivity index (χ3v) is 5.69. The SMILES string of the molecule is COC(=O)CCCCCN1Cc2c(cc(OC)c(OC)c2-c2cc(C)cc(C)c2)C1=O. The molecule has 0 spiro atoms. The van der Waals surface area contributed by atoms with E-state index in [1.54, 1.807) is 20.3 Å². The molecule has 1 heterocycles. The zero-order valence-corrected chi connectivity index (χ0v) is 19.0. The van der Waals surface area contributed by atoms with Gasteiger partial charge in [0.2, 0.25) is 0 Å². The number of nitrogens with zero attached hydrogens (tertiary/aromatic N) is 1. The monoisotopic (exact) mass is 425 g/mol. The Bertz CT molecular complexity index is 962. The standard InChI is InChI=1S/C25H31NO5/c1-16-11-17(2)13-18(12-16)23-20-15-26(10-8-6-7-9-22(27)30-4)25(28)19(20)14-21(29-3)24(23)31-5/h11-14H,6-10,15H2,1-5H3. The summed E-state index contributed by atoms with van der Waals surface area (Å²) in [6.45, 7) is 5.31. The van der Waals surface area contributed by atoms with Crippen LogP contribution in [0.4, 0.5) is 0 Å². The Morgan fingerprint density at radius 2 is 1.68 bits per heavy atom. The van der Waals surface area contributed by atoms with E-state index in [9.17, 15) is 9.59 Å². The number of esters is 1. The maximum Gasteiger partial charge on any atom is 0.305 e. The van der Waals surface area contributed by atoms with Crippen LogP contribution in [0.3, 0.4) is 0 Å². The lowest BCUT2D eigenvalue weighted by Crippen LogP contribution is -2.25. The molecule has 0 N–H and O–H groups in total. The number of methoxy groups -OCH3 is 3. The summed E-state index contributed by atoms with van der Waals surface area (Å²) < 4.78 is 16.0. The normalized spacial score (nSPS) is 12.7. The van der Waals surface area contributed by atoms with Gasteiger partial charge in [0.15, 0.2) is 11.5 Å². The summed E-state index contributed by atoms with van der Waals surface area (Å²) in [6, 6.07) is 8.15. The molecular weight excluding hydrogens is 394 g/mol. The first-order chi connectivity index (χ1) is 14.9. The number of amides is 1. The van der Waals surface area contributed by atoms with Crippen LogP contribution in [0.2, 0.25) is 0 Å². The zero-order valence-electron chi connectivity index (χ0n) is 19.0. The van der Waals surface area contributed by atoms with Gasteiger partial charge in [0.25, 0.3) is 5.91 Å². The smallest absolute Gasteiger partial charge is 0.305 e. The molecule has 2 aromatic carbocycles. The molecule has 1 aliphatic rings. The van der Waals surface area contributed by atoms with E-state index in [0.29, 0.717) is 36.6 Å². The minimum Gasteiger partial charge on any atom is -0.493 e. The van der Waals surface area contributed by atoms with E-state index in [2.05, 4.69) is 36.8 Å². The lowest BCUT2D eigenvalue weighted by Gasteiger charge is -2.18. The van der Waals surface area contributed by atoms with Crippen molar-refractivity contribution in [3.05, 3.63) is 46.5 Å². The molecule has 0 saturated carbocycles. The summed E-state index contributed by atoms with van der Waals surface area (Å²) in [5, 5.41) is 0. The summed E-state index contributed by atoms with van der Waals surface area (Å²) >= 11 is 0. The van der Waals surface area contributed by atoms with Gasteiger partial charge in [0, 0.05) is 30.6 Å². The Kier molecular flexibility index (Phi) is 7.21. The van der Waals surface area contributed by atoms with Crippen molar-refractivity contribution in [1.82, 2.24) is 4.90 Å². The van der Waals surface area contributed by atoms with Gasteiger partial charge in [0.1, 0.15) is 0 Å². The second-order valence-electron chi connectivity index (χ2n) is 8.00. The molecule has 1 aliphatic heterocycles. The van der Waals surface area contributed by atoms with Crippen molar-refractivity contribution in [1.29, 1.82) is 0 Å². The maximum absolute atomic E-state index is 13.2. The fourth-order valence-corrected chi connectivity index (χ4v) is 4.28. The fraction of sp³-hybridized carbons (Fsp3) is 0.440. The van der Waals surface area contributed by atoms with Crippen LogP contribution in [0.5, 0.6) is 11.5 Å². The van der Waals surface area contributed by atoms with E-state index in [4.69, 9.17) is 9.47 Å². The number of fused-ring (bicyclic) bond motifs is 1. The van der Waals surface area contributed by atoms with Gasteiger partial charge in [-0.1, -0.05) is 35.7 Å². The molecule has 0 saturated heterocycles. The molecule has 0 aliphatic carbocycles. The second kappa shape index (κ2) is 9.86. The van der Waals surface area contributed by atoms with Crippen molar-refractivity contribution in [2.45, 2.75) is 46.1 Å². The molecule has 0 fully saturated rings. The first-order valence-corrected chi connectivity index (χ1v) is 10.6. The van der Waals surface area contributed by atoms with Crippen LogP contribution in [0.25, 0.3) is 11.1 Å². The largest absolute Gasteiger partial charge is 0.493 e. The Morgan fingerprint density at radius 1 is 0.968 bits per heavy atom. The van der Waals surface area contributed by atoms with Crippen LogP contribution in [0, 0.1) is 13.8 Å². The number of aryl methyl sites for hydroxylation is 2. The van der Waals surface area contributed by atoms with Gasteiger partial charge in [-0.2, -0.15) is 0 Å². The molecular formula is C25H31NO5. The van der Waals surface area contributed by atoms with E-state index >= 15 is 0 Å². The summed E-state index contributed by atoms with van der Waals surface area (Å²) in [5.41, 5.74) is 5.90. The second-order valence-corrected chi connectivity index (χ2v) is 8.00. The van der Waals surface area contributed by atoms with E-state index in [0.717, 1.165) is 47.1 Å². The Hall–Kier alpha value is -3.02. The lowest BCUT2D eigenvalue weighted by molar-refractivity contribution is -0.140. The highest BCUT2D eigenvalue weighted by Crippen LogP contribution is 2.45. The highest BCUT2D eigenvalue weighted by Gasteiger charge is 2.33. The van der Waals surface area contributed by atoms with Crippen molar-refractivity contribution < 1.29 is 23.8 Å². The molecule has 2 aromatic rings. The number of hydrogen-bond donors (Lipinski definition) is 0. The van der Waals surface area contributed by atoms with Gasteiger partial charge in [-0.3, -0.25) is 9.59 Å². The highest BCUT2D eigenvalue weighted by molar-refractivity contribution is 6.02. The number of carbonyl (C=O) groups excluding carboxylic acids is 2. The molecule has 1 amide bonds. The topological polar surface area (TPSA) is 65.1 Å².